The molecule has 0 aliphatic carbocycles. The van der Waals surface area contributed by atoms with Crippen molar-refractivity contribution in [1.82, 2.24) is 0 Å². The molecule has 0 unspecified atom stereocenters. The van der Waals surface area contributed by atoms with Gasteiger partial charge >= 0.3 is 23.9 Å². The molecule has 0 atom stereocenters. The van der Waals surface area contributed by atoms with E-state index in [1.807, 2.05) is 36.4 Å². The molecule has 0 spiro atoms. The van der Waals surface area contributed by atoms with E-state index in [0.717, 1.165) is 38.5 Å². The van der Waals surface area contributed by atoms with Gasteiger partial charge in [0, 0.05) is 0 Å². The lowest BCUT2D eigenvalue weighted by Gasteiger charge is -2.10. The Bertz CT molecular complexity index is 974. The summed E-state index contributed by atoms with van der Waals surface area (Å²) >= 11 is 0. The second-order valence-corrected chi connectivity index (χ2v) is 11.2. The predicted molar refractivity (Wildman–Crippen MR) is 181 cm³/mol. The molecule has 1 heterocycles. The van der Waals surface area contributed by atoms with Crippen LogP contribution in [0, 0.1) is 0 Å². The van der Waals surface area contributed by atoms with Crippen molar-refractivity contribution >= 4 is 23.9 Å². The molecule has 2 aromatic carbocycles. The number of hydrogen-bond acceptors (Lipinski definition) is 8. The molecule has 0 N–H and O–H groups in total. The topological polar surface area (TPSA) is 105 Å². The predicted octanol–water partition coefficient (Wildman–Crippen LogP) is 9.05. The highest BCUT2D eigenvalue weighted by Gasteiger charge is 2.18. The smallest absolute Gasteiger partial charge is 0.339 e. The van der Waals surface area contributed by atoms with Crippen molar-refractivity contribution < 1.29 is 38.1 Å². The fraction of sp³-hybridized carbons (Fsp3) is 0.579. The number of rotatable bonds is 16. The van der Waals surface area contributed by atoms with Crippen LogP contribution in [0.5, 0.6) is 0 Å². The van der Waals surface area contributed by atoms with Crippen molar-refractivity contribution in [3.05, 3.63) is 71.8 Å². The summed E-state index contributed by atoms with van der Waals surface area (Å²) in [7, 11) is 0. The lowest BCUT2D eigenvalue weighted by atomic mass is 10.1. The van der Waals surface area contributed by atoms with Crippen LogP contribution in [0.3, 0.4) is 0 Å². The van der Waals surface area contributed by atoms with Gasteiger partial charge in [-0.05, 0) is 37.8 Å². The second-order valence-electron chi connectivity index (χ2n) is 11.2. The van der Waals surface area contributed by atoms with Gasteiger partial charge in [0.15, 0.2) is 0 Å². The Kier molecular flexibility index (Phi) is 25.2. The van der Waals surface area contributed by atoms with Gasteiger partial charge in [0.05, 0.1) is 50.4 Å². The van der Waals surface area contributed by atoms with E-state index in [4.69, 9.17) is 18.9 Å². The van der Waals surface area contributed by atoms with E-state index in [-0.39, 0.29) is 24.8 Å². The van der Waals surface area contributed by atoms with E-state index >= 15 is 0 Å². The summed E-state index contributed by atoms with van der Waals surface area (Å²) in [5.41, 5.74) is 0.586. The fourth-order valence-corrected chi connectivity index (χ4v) is 4.40. The third-order valence-corrected chi connectivity index (χ3v) is 7.09. The van der Waals surface area contributed by atoms with Gasteiger partial charge in [-0.2, -0.15) is 0 Å². The maximum absolute atomic E-state index is 12.4. The maximum Gasteiger partial charge on any atom is 0.339 e. The summed E-state index contributed by atoms with van der Waals surface area (Å²) in [6.07, 6.45) is 15.4. The number of ether oxygens (including phenoxy) is 4. The molecule has 256 valence electrons. The fourth-order valence-electron chi connectivity index (χ4n) is 4.40. The first-order valence-corrected chi connectivity index (χ1v) is 17.2. The standard InChI is InChI=1S/C24H38O4.C8H12O4.C6H6/c1-3-5-7-9-11-15-19-27-23(25)21-17-13-14-18-22(21)24(26)28-20-16-12-10-8-6-4-2;9-7-3-4-8(10)12-6-2-1-5-11-7;1-2-4-6-5-3-1/h13-14,17-18H,3-12,15-16,19-20H2,1-2H3;1-6H2;1-6H. The molecule has 46 heavy (non-hydrogen) atoms. The average Bonchev–Trinajstić information content (AvgIpc) is 3.09. The van der Waals surface area contributed by atoms with E-state index in [9.17, 15) is 19.2 Å². The number of esters is 4. The zero-order valence-electron chi connectivity index (χ0n) is 28.2. The number of carbonyl (C=O) groups excluding carboxylic acids is 4. The first kappa shape index (κ1) is 40.3. The van der Waals surface area contributed by atoms with Crippen LogP contribution in [0.25, 0.3) is 0 Å². The van der Waals surface area contributed by atoms with Gasteiger partial charge in [-0.25, -0.2) is 9.59 Å². The molecule has 1 saturated heterocycles. The third kappa shape index (κ3) is 21.9. The highest BCUT2D eigenvalue weighted by Crippen LogP contribution is 2.14. The molecule has 1 aliphatic heterocycles. The Morgan fingerprint density at radius 1 is 0.543 bits per heavy atom. The SMILES string of the molecule is CCCCCCCCOC(=O)c1ccccc1C(=O)OCCCCCCCC.O=C1CCC(=O)OCCCCO1.c1ccccc1. The molecule has 3 rings (SSSR count). The molecule has 1 fully saturated rings. The van der Waals surface area contributed by atoms with Crippen molar-refractivity contribution in [2.75, 3.05) is 26.4 Å². The monoisotopic (exact) mass is 640 g/mol. The Balaban J connectivity index is 0.000000473. The number of cyclic esters (lactones) is 2. The molecule has 0 aromatic heterocycles. The molecule has 0 bridgehead atoms. The Morgan fingerprint density at radius 2 is 0.891 bits per heavy atom. The number of unbranched alkanes of at least 4 members (excludes halogenated alkanes) is 10. The zero-order chi connectivity index (χ0) is 33.5. The van der Waals surface area contributed by atoms with Crippen molar-refractivity contribution in [2.45, 2.75) is 117 Å². The summed E-state index contributed by atoms with van der Waals surface area (Å²) in [5.74, 6) is -1.51. The number of benzene rings is 2. The Morgan fingerprint density at radius 3 is 1.26 bits per heavy atom. The molecule has 1 aliphatic rings. The Hall–Kier alpha value is -3.68. The molecule has 0 radical (unpaired) electrons. The van der Waals surface area contributed by atoms with E-state index in [1.54, 1.807) is 24.3 Å². The highest BCUT2D eigenvalue weighted by molar-refractivity contribution is 6.03. The molecule has 0 amide bonds. The van der Waals surface area contributed by atoms with Crippen LogP contribution in [-0.2, 0) is 28.5 Å². The summed E-state index contributed by atoms with van der Waals surface area (Å²) in [6, 6.07) is 18.7. The van der Waals surface area contributed by atoms with E-state index < -0.39 is 11.9 Å². The number of hydrogen-bond donors (Lipinski definition) is 0. The molecular formula is C38H56O8. The minimum absolute atomic E-state index is 0.138. The Labute approximate surface area is 276 Å². The van der Waals surface area contributed by atoms with Crippen LogP contribution < -0.4 is 0 Å². The largest absolute Gasteiger partial charge is 0.466 e. The van der Waals surface area contributed by atoms with Gasteiger partial charge < -0.3 is 18.9 Å². The average molecular weight is 641 g/mol. The van der Waals surface area contributed by atoms with E-state index in [1.165, 1.54) is 51.4 Å². The van der Waals surface area contributed by atoms with Crippen LogP contribution in [0.2, 0.25) is 0 Å². The van der Waals surface area contributed by atoms with Gasteiger partial charge in [-0.15, -0.1) is 0 Å². The lowest BCUT2D eigenvalue weighted by molar-refractivity contribution is -0.152. The van der Waals surface area contributed by atoms with Gasteiger partial charge in [0.1, 0.15) is 0 Å². The van der Waals surface area contributed by atoms with Gasteiger partial charge in [0.25, 0.3) is 0 Å². The van der Waals surface area contributed by atoms with Gasteiger partial charge in [-0.1, -0.05) is 127 Å². The van der Waals surface area contributed by atoms with Crippen LogP contribution in [0.4, 0.5) is 0 Å². The summed E-state index contributed by atoms with van der Waals surface area (Å²) < 4.78 is 20.4. The van der Waals surface area contributed by atoms with Gasteiger partial charge in [0.2, 0.25) is 0 Å². The van der Waals surface area contributed by atoms with E-state index in [0.29, 0.717) is 37.6 Å². The summed E-state index contributed by atoms with van der Waals surface area (Å²) in [6.45, 7) is 6.06. The minimum atomic E-state index is -0.444. The normalized spacial score (nSPS) is 13.0. The van der Waals surface area contributed by atoms with Crippen molar-refractivity contribution in [2.24, 2.45) is 0 Å². The summed E-state index contributed by atoms with van der Waals surface area (Å²) in [4.78, 5) is 46.3. The van der Waals surface area contributed by atoms with Crippen molar-refractivity contribution in [3.63, 3.8) is 0 Å². The van der Waals surface area contributed by atoms with Gasteiger partial charge in [-0.3, -0.25) is 9.59 Å². The first-order valence-electron chi connectivity index (χ1n) is 17.2. The second kappa shape index (κ2) is 28.8. The minimum Gasteiger partial charge on any atom is -0.466 e. The van der Waals surface area contributed by atoms with Crippen LogP contribution in [0.15, 0.2) is 60.7 Å². The van der Waals surface area contributed by atoms with E-state index in [2.05, 4.69) is 13.8 Å². The molecule has 8 heteroatoms. The quantitative estimate of drug-likeness (QED) is 0.102. The highest BCUT2D eigenvalue weighted by atomic mass is 16.5. The third-order valence-electron chi connectivity index (χ3n) is 7.09. The van der Waals surface area contributed by atoms with Crippen LogP contribution in [0.1, 0.15) is 137 Å². The molecule has 2 aromatic rings. The van der Waals surface area contributed by atoms with Crippen LogP contribution >= 0.6 is 0 Å². The molecule has 0 saturated carbocycles. The van der Waals surface area contributed by atoms with Crippen molar-refractivity contribution in [1.29, 1.82) is 0 Å². The first-order chi connectivity index (χ1) is 22.5. The molecule has 8 nitrogen and oxygen atoms in total. The number of carbonyl (C=O) groups is 4. The lowest BCUT2D eigenvalue weighted by Crippen LogP contribution is -2.15. The maximum atomic E-state index is 12.4. The molecular weight excluding hydrogens is 584 g/mol. The zero-order valence-corrected chi connectivity index (χ0v) is 28.2. The van der Waals surface area contributed by atoms with Crippen molar-refractivity contribution in [3.8, 4) is 0 Å². The summed E-state index contributed by atoms with van der Waals surface area (Å²) in [5, 5.41) is 0. The van der Waals surface area contributed by atoms with Crippen LogP contribution in [-0.4, -0.2) is 50.3 Å².